The van der Waals surface area contributed by atoms with Crippen molar-refractivity contribution >= 4 is 57.6 Å². The largest absolute Gasteiger partial charge is 0.392 e. The summed E-state index contributed by atoms with van der Waals surface area (Å²) in [6.07, 6.45) is 1.72. The third-order valence-electron chi connectivity index (χ3n) is 4.96. The standard InChI is InChI=1S/C23H19Cl2FN4OS.C2H6/c1-12-17(7-13-10-28-21(27-2)9-19(13)29-12)16-4-3-5-18(23(16)26)30-32-20-8-15(24)6-14(11-31)22(20)25;1-2/h3-10,30-31H,11H2,1-2H3,(H,27,28);1-2H3. The zero-order chi connectivity index (χ0) is 24.8. The Morgan fingerprint density at radius 3 is 2.56 bits per heavy atom. The van der Waals surface area contributed by atoms with Crippen LogP contribution < -0.4 is 10.0 Å². The summed E-state index contributed by atoms with van der Waals surface area (Å²) in [6, 6.07) is 12.1. The Bertz CT molecular complexity index is 1320. The minimum atomic E-state index is -0.412. The van der Waals surface area contributed by atoms with Gasteiger partial charge in [-0.3, -0.25) is 4.98 Å². The molecule has 0 atom stereocenters. The van der Waals surface area contributed by atoms with Crippen LogP contribution >= 0.6 is 35.1 Å². The topological polar surface area (TPSA) is 70.1 Å². The first kappa shape index (κ1) is 26.0. The van der Waals surface area contributed by atoms with Crippen LogP contribution in [-0.4, -0.2) is 22.1 Å². The van der Waals surface area contributed by atoms with Gasteiger partial charge < -0.3 is 15.1 Å². The Balaban J connectivity index is 0.00000158. The zero-order valence-electron chi connectivity index (χ0n) is 19.2. The predicted molar refractivity (Wildman–Crippen MR) is 142 cm³/mol. The number of benzene rings is 2. The molecule has 9 heteroatoms. The first-order chi connectivity index (χ1) is 16.4. The fourth-order valence-electron chi connectivity index (χ4n) is 3.31. The number of aryl methyl sites for hydroxylation is 1. The molecule has 0 spiro atoms. The average molecular weight is 519 g/mol. The number of rotatable bonds is 6. The molecule has 3 N–H and O–H groups in total. The minimum absolute atomic E-state index is 0.240. The van der Waals surface area contributed by atoms with Crippen LogP contribution in [0.4, 0.5) is 15.9 Å². The third-order valence-corrected chi connectivity index (χ3v) is 6.60. The molecule has 4 aromatic rings. The number of aliphatic hydroxyl groups is 1. The van der Waals surface area contributed by atoms with Gasteiger partial charge in [0.1, 0.15) is 5.82 Å². The maximum atomic E-state index is 15.5. The Kier molecular flexibility index (Phi) is 8.97. The number of hydrogen-bond acceptors (Lipinski definition) is 6. The van der Waals surface area contributed by atoms with E-state index in [0.29, 0.717) is 37.3 Å². The molecule has 0 aliphatic heterocycles. The Hall–Kier alpha value is -2.58. The fraction of sp³-hybridized carbons (Fsp3) is 0.200. The maximum absolute atomic E-state index is 15.5. The van der Waals surface area contributed by atoms with E-state index in [4.69, 9.17) is 23.2 Å². The summed E-state index contributed by atoms with van der Waals surface area (Å²) in [4.78, 5) is 9.54. The van der Waals surface area contributed by atoms with Gasteiger partial charge in [0.05, 0.1) is 22.8 Å². The molecule has 0 bridgehead atoms. The zero-order valence-corrected chi connectivity index (χ0v) is 21.5. The number of aliphatic hydroxyl groups excluding tert-OH is 1. The highest BCUT2D eigenvalue weighted by molar-refractivity contribution is 8.00. The number of pyridine rings is 2. The van der Waals surface area contributed by atoms with Crippen molar-refractivity contribution in [3.05, 3.63) is 75.8 Å². The normalized spacial score (nSPS) is 10.6. The van der Waals surface area contributed by atoms with E-state index >= 15 is 4.39 Å². The Morgan fingerprint density at radius 1 is 1.09 bits per heavy atom. The molecule has 34 heavy (non-hydrogen) atoms. The predicted octanol–water partition coefficient (Wildman–Crippen LogP) is 7.73. The number of hydrogen-bond donors (Lipinski definition) is 3. The van der Waals surface area contributed by atoms with Crippen LogP contribution in [0.1, 0.15) is 25.1 Å². The fourth-order valence-corrected chi connectivity index (χ4v) is 4.68. The van der Waals surface area contributed by atoms with Crippen LogP contribution in [0.25, 0.3) is 22.0 Å². The van der Waals surface area contributed by atoms with E-state index in [1.807, 2.05) is 32.9 Å². The smallest absolute Gasteiger partial charge is 0.155 e. The molecule has 2 aromatic heterocycles. The Morgan fingerprint density at radius 2 is 1.85 bits per heavy atom. The first-order valence-electron chi connectivity index (χ1n) is 10.7. The SMILES string of the molecule is CC.CNc1cc2nc(C)c(-c3cccc(NSc4cc(Cl)cc(CO)c4Cl)c3F)cc2cn1. The van der Waals surface area contributed by atoms with Gasteiger partial charge in [0.2, 0.25) is 0 Å². The lowest BCUT2D eigenvalue weighted by atomic mass is 10.0. The second-order valence-corrected chi connectivity index (χ2v) is 8.70. The van der Waals surface area contributed by atoms with E-state index in [-0.39, 0.29) is 12.3 Å². The summed E-state index contributed by atoms with van der Waals surface area (Å²) < 4.78 is 18.5. The van der Waals surface area contributed by atoms with Crippen molar-refractivity contribution in [2.24, 2.45) is 0 Å². The van der Waals surface area contributed by atoms with Crippen molar-refractivity contribution in [2.45, 2.75) is 32.3 Å². The lowest BCUT2D eigenvalue weighted by molar-refractivity contribution is 0.281. The van der Waals surface area contributed by atoms with Gasteiger partial charge >= 0.3 is 0 Å². The molecule has 0 aliphatic carbocycles. The van der Waals surface area contributed by atoms with Crippen LogP contribution in [0, 0.1) is 12.7 Å². The molecule has 5 nitrogen and oxygen atoms in total. The van der Waals surface area contributed by atoms with Crippen LogP contribution in [0.5, 0.6) is 0 Å². The average Bonchev–Trinajstić information content (AvgIpc) is 2.85. The van der Waals surface area contributed by atoms with E-state index in [2.05, 4.69) is 20.0 Å². The molecular formula is C25H25Cl2FN4OS. The van der Waals surface area contributed by atoms with Gasteiger partial charge in [0.15, 0.2) is 5.82 Å². The van der Waals surface area contributed by atoms with Gasteiger partial charge in [-0.1, -0.05) is 49.2 Å². The highest BCUT2D eigenvalue weighted by atomic mass is 35.5. The van der Waals surface area contributed by atoms with Gasteiger partial charge in [-0.25, -0.2) is 9.37 Å². The minimum Gasteiger partial charge on any atom is -0.392 e. The number of nitrogens with one attached hydrogen (secondary N) is 2. The lowest BCUT2D eigenvalue weighted by Crippen LogP contribution is -1.98. The molecule has 178 valence electrons. The molecule has 0 unspecified atom stereocenters. The van der Waals surface area contributed by atoms with Crippen LogP contribution in [-0.2, 0) is 6.61 Å². The van der Waals surface area contributed by atoms with Gasteiger partial charge in [-0.2, -0.15) is 0 Å². The van der Waals surface area contributed by atoms with Crippen molar-refractivity contribution in [1.82, 2.24) is 9.97 Å². The summed E-state index contributed by atoms with van der Waals surface area (Å²) in [6.45, 7) is 5.61. The molecule has 0 saturated heterocycles. The summed E-state index contributed by atoms with van der Waals surface area (Å²) in [7, 11) is 1.79. The van der Waals surface area contributed by atoms with Gasteiger partial charge in [-0.15, -0.1) is 0 Å². The number of anilines is 2. The van der Waals surface area contributed by atoms with Crippen LogP contribution in [0.3, 0.4) is 0 Å². The van der Waals surface area contributed by atoms with Gasteiger partial charge in [0.25, 0.3) is 0 Å². The lowest BCUT2D eigenvalue weighted by Gasteiger charge is -2.14. The number of nitrogens with zero attached hydrogens (tertiary/aromatic N) is 2. The molecule has 2 heterocycles. The maximum Gasteiger partial charge on any atom is 0.155 e. The van der Waals surface area contributed by atoms with E-state index < -0.39 is 5.82 Å². The monoisotopic (exact) mass is 518 g/mol. The number of fused-ring (bicyclic) bond motifs is 1. The van der Waals surface area contributed by atoms with Gasteiger partial charge in [0, 0.05) is 51.4 Å². The molecule has 0 saturated carbocycles. The Labute approximate surface area is 212 Å². The van der Waals surface area contributed by atoms with Crippen LogP contribution in [0.2, 0.25) is 10.0 Å². The molecule has 0 radical (unpaired) electrons. The molecule has 0 fully saturated rings. The summed E-state index contributed by atoms with van der Waals surface area (Å²) in [5.74, 6) is 0.306. The molecular weight excluding hydrogens is 494 g/mol. The highest BCUT2D eigenvalue weighted by Crippen LogP contribution is 2.37. The van der Waals surface area contributed by atoms with Crippen molar-refractivity contribution in [3.63, 3.8) is 0 Å². The second kappa shape index (κ2) is 11.7. The summed E-state index contributed by atoms with van der Waals surface area (Å²) >= 11 is 13.5. The van der Waals surface area contributed by atoms with Crippen molar-refractivity contribution in [1.29, 1.82) is 0 Å². The molecule has 2 aromatic carbocycles. The van der Waals surface area contributed by atoms with E-state index in [1.165, 1.54) is 0 Å². The highest BCUT2D eigenvalue weighted by Gasteiger charge is 2.15. The summed E-state index contributed by atoms with van der Waals surface area (Å²) in [5.41, 5.74) is 3.40. The quantitative estimate of drug-likeness (QED) is 0.227. The van der Waals surface area contributed by atoms with E-state index in [1.54, 1.807) is 43.6 Å². The molecule has 0 amide bonds. The molecule has 0 aliphatic rings. The van der Waals surface area contributed by atoms with Crippen LogP contribution in [0.15, 0.2) is 53.6 Å². The van der Waals surface area contributed by atoms with Crippen molar-refractivity contribution in [2.75, 3.05) is 17.1 Å². The second-order valence-electron chi connectivity index (χ2n) is 7.04. The van der Waals surface area contributed by atoms with Gasteiger partial charge in [-0.05, 0) is 48.7 Å². The van der Waals surface area contributed by atoms with E-state index in [0.717, 1.165) is 28.7 Å². The first-order valence-corrected chi connectivity index (χ1v) is 12.2. The van der Waals surface area contributed by atoms with Crippen molar-refractivity contribution < 1.29 is 9.50 Å². The summed E-state index contributed by atoms with van der Waals surface area (Å²) in [5, 5.41) is 14.1. The number of aromatic nitrogens is 2. The van der Waals surface area contributed by atoms with E-state index in [9.17, 15) is 5.11 Å². The third kappa shape index (κ3) is 5.55. The molecule has 4 rings (SSSR count). The number of halogens is 3. The van der Waals surface area contributed by atoms with Crippen molar-refractivity contribution in [3.8, 4) is 11.1 Å².